The maximum Gasteiger partial charge on any atom is 0.276 e. The first-order chi connectivity index (χ1) is 15.1. The molecular formula is C24H27N3O4. The van der Waals surface area contributed by atoms with Crippen LogP contribution in [-0.2, 0) is 0 Å². The predicted octanol–water partition coefficient (Wildman–Crippen LogP) is 4.77. The molecule has 0 unspecified atom stereocenters. The van der Waals surface area contributed by atoms with E-state index < -0.39 is 0 Å². The summed E-state index contributed by atoms with van der Waals surface area (Å²) in [6.45, 7) is 2.00. The second-order valence-electron chi connectivity index (χ2n) is 7.66. The molecule has 0 saturated heterocycles. The van der Waals surface area contributed by atoms with Gasteiger partial charge in [-0.1, -0.05) is 6.07 Å². The van der Waals surface area contributed by atoms with Crippen LogP contribution in [0, 0.1) is 6.92 Å². The Morgan fingerprint density at radius 3 is 2.48 bits per heavy atom. The summed E-state index contributed by atoms with van der Waals surface area (Å²) in [7, 11) is 3.22. The highest BCUT2D eigenvalue weighted by molar-refractivity contribution is 6.03. The summed E-state index contributed by atoms with van der Waals surface area (Å²) >= 11 is 0. The molecule has 1 fully saturated rings. The number of nitrogens with zero attached hydrogens (tertiary/aromatic N) is 2. The van der Waals surface area contributed by atoms with Crippen LogP contribution in [0.5, 0.6) is 17.2 Å². The molecule has 1 aromatic heterocycles. The van der Waals surface area contributed by atoms with Crippen molar-refractivity contribution in [2.75, 3.05) is 19.5 Å². The Morgan fingerprint density at radius 2 is 1.74 bits per heavy atom. The van der Waals surface area contributed by atoms with E-state index in [1.54, 1.807) is 49.4 Å². The highest BCUT2D eigenvalue weighted by atomic mass is 16.5. The molecule has 1 aliphatic rings. The standard InChI is InChI=1S/C24H27N3O4/c1-16-8-10-21(29-2)20(14-16)27-13-12-19(26-27)24(28)25-17-9-11-22(30-3)23(15-17)31-18-6-4-5-7-18/h8-15,18H,4-7H2,1-3H3,(H,25,28). The average Bonchev–Trinajstić information content (AvgIpc) is 3.46. The van der Waals surface area contributed by atoms with Crippen LogP contribution in [-0.4, -0.2) is 36.0 Å². The number of hydrogen-bond donors (Lipinski definition) is 1. The van der Waals surface area contributed by atoms with Crippen LogP contribution in [0.3, 0.4) is 0 Å². The van der Waals surface area contributed by atoms with Gasteiger partial charge in [0.1, 0.15) is 11.4 Å². The number of benzene rings is 2. The monoisotopic (exact) mass is 421 g/mol. The summed E-state index contributed by atoms with van der Waals surface area (Å²) in [5, 5.41) is 7.33. The number of nitrogens with one attached hydrogen (secondary N) is 1. The van der Waals surface area contributed by atoms with Gasteiger partial charge in [-0.3, -0.25) is 4.79 Å². The molecule has 0 aliphatic heterocycles. The molecule has 0 spiro atoms. The Labute approximate surface area is 181 Å². The second-order valence-corrected chi connectivity index (χ2v) is 7.66. The van der Waals surface area contributed by atoms with Gasteiger partial charge in [0.25, 0.3) is 5.91 Å². The van der Waals surface area contributed by atoms with Crippen LogP contribution < -0.4 is 19.5 Å². The summed E-state index contributed by atoms with van der Waals surface area (Å²) in [6, 6.07) is 12.9. The number of anilines is 1. The van der Waals surface area contributed by atoms with Crippen molar-refractivity contribution in [3.8, 4) is 22.9 Å². The number of ether oxygens (including phenoxy) is 3. The maximum atomic E-state index is 12.8. The number of methoxy groups -OCH3 is 2. The highest BCUT2D eigenvalue weighted by Crippen LogP contribution is 2.34. The van der Waals surface area contributed by atoms with Gasteiger partial charge >= 0.3 is 0 Å². The van der Waals surface area contributed by atoms with E-state index in [2.05, 4.69) is 10.4 Å². The van der Waals surface area contributed by atoms with Gasteiger partial charge in [0.2, 0.25) is 0 Å². The Hall–Kier alpha value is -3.48. The molecule has 1 amide bonds. The lowest BCUT2D eigenvalue weighted by Gasteiger charge is -2.17. The number of aromatic nitrogens is 2. The molecule has 2 aromatic carbocycles. The Balaban J connectivity index is 1.52. The van der Waals surface area contributed by atoms with Crippen molar-refractivity contribution in [3.63, 3.8) is 0 Å². The molecular weight excluding hydrogens is 394 g/mol. The fraction of sp³-hybridized carbons (Fsp3) is 0.333. The van der Waals surface area contributed by atoms with Gasteiger partial charge < -0.3 is 19.5 Å². The van der Waals surface area contributed by atoms with E-state index >= 15 is 0 Å². The first kappa shape index (κ1) is 20.8. The minimum Gasteiger partial charge on any atom is -0.494 e. The van der Waals surface area contributed by atoms with E-state index in [0.29, 0.717) is 28.6 Å². The fourth-order valence-corrected chi connectivity index (χ4v) is 3.79. The van der Waals surface area contributed by atoms with E-state index in [1.807, 2.05) is 25.1 Å². The number of hydrogen-bond acceptors (Lipinski definition) is 5. The Morgan fingerprint density at radius 1 is 1.00 bits per heavy atom. The molecule has 4 rings (SSSR count). The summed E-state index contributed by atoms with van der Waals surface area (Å²) < 4.78 is 18.6. The molecule has 1 aliphatic carbocycles. The summed E-state index contributed by atoms with van der Waals surface area (Å²) in [5.74, 6) is 1.68. The van der Waals surface area contributed by atoms with Gasteiger partial charge in [-0.25, -0.2) is 4.68 Å². The molecule has 0 bridgehead atoms. The SMILES string of the molecule is COc1ccc(NC(=O)c2ccn(-c3cc(C)ccc3OC)n2)cc1OC1CCCC1. The molecule has 31 heavy (non-hydrogen) atoms. The van der Waals surface area contributed by atoms with Crippen LogP contribution in [0.4, 0.5) is 5.69 Å². The first-order valence-electron chi connectivity index (χ1n) is 10.4. The normalized spacial score (nSPS) is 13.8. The van der Waals surface area contributed by atoms with E-state index in [-0.39, 0.29) is 12.0 Å². The molecule has 0 atom stereocenters. The van der Waals surface area contributed by atoms with Crippen LogP contribution in [0.25, 0.3) is 5.69 Å². The third-order valence-electron chi connectivity index (χ3n) is 5.42. The van der Waals surface area contributed by atoms with E-state index in [9.17, 15) is 4.79 Å². The third kappa shape index (κ3) is 4.66. The molecule has 1 N–H and O–H groups in total. The maximum absolute atomic E-state index is 12.8. The van der Waals surface area contributed by atoms with Crippen LogP contribution >= 0.6 is 0 Å². The van der Waals surface area contributed by atoms with E-state index in [1.165, 1.54) is 12.8 Å². The van der Waals surface area contributed by atoms with E-state index in [0.717, 1.165) is 24.1 Å². The van der Waals surface area contributed by atoms with Crippen molar-refractivity contribution in [3.05, 3.63) is 59.9 Å². The van der Waals surface area contributed by atoms with Gasteiger partial charge in [0.05, 0.1) is 20.3 Å². The lowest BCUT2D eigenvalue weighted by Crippen LogP contribution is -2.15. The van der Waals surface area contributed by atoms with E-state index in [4.69, 9.17) is 14.2 Å². The first-order valence-corrected chi connectivity index (χ1v) is 10.4. The average molecular weight is 421 g/mol. The van der Waals surface area contributed by atoms with Gasteiger partial charge in [-0.15, -0.1) is 0 Å². The Bertz CT molecular complexity index is 1070. The van der Waals surface area contributed by atoms with Crippen molar-refractivity contribution < 1.29 is 19.0 Å². The number of rotatable bonds is 7. The second kappa shape index (κ2) is 9.12. The van der Waals surface area contributed by atoms with Crippen molar-refractivity contribution >= 4 is 11.6 Å². The molecule has 1 heterocycles. The topological polar surface area (TPSA) is 74.6 Å². The minimum atomic E-state index is -0.303. The quantitative estimate of drug-likeness (QED) is 0.595. The molecule has 3 aromatic rings. The van der Waals surface area contributed by atoms with Crippen molar-refractivity contribution in [2.45, 2.75) is 38.7 Å². The zero-order valence-electron chi connectivity index (χ0n) is 18.1. The molecule has 1 saturated carbocycles. The smallest absolute Gasteiger partial charge is 0.276 e. The van der Waals surface area contributed by atoms with Crippen LogP contribution in [0.1, 0.15) is 41.7 Å². The number of aryl methyl sites for hydroxylation is 1. The fourth-order valence-electron chi connectivity index (χ4n) is 3.79. The summed E-state index contributed by atoms with van der Waals surface area (Å²) in [5.41, 5.74) is 2.78. The highest BCUT2D eigenvalue weighted by Gasteiger charge is 2.19. The van der Waals surface area contributed by atoms with Crippen molar-refractivity contribution in [1.29, 1.82) is 0 Å². The van der Waals surface area contributed by atoms with Crippen molar-refractivity contribution in [2.24, 2.45) is 0 Å². The number of carbonyl (C=O) groups is 1. The third-order valence-corrected chi connectivity index (χ3v) is 5.42. The van der Waals surface area contributed by atoms with Gasteiger partial charge in [0, 0.05) is 18.0 Å². The zero-order valence-corrected chi connectivity index (χ0v) is 18.1. The van der Waals surface area contributed by atoms with Gasteiger partial charge in [-0.05, 0) is 68.5 Å². The Kier molecular flexibility index (Phi) is 6.11. The molecule has 0 radical (unpaired) electrons. The minimum absolute atomic E-state index is 0.194. The van der Waals surface area contributed by atoms with Crippen molar-refractivity contribution in [1.82, 2.24) is 9.78 Å². The summed E-state index contributed by atoms with van der Waals surface area (Å²) in [6.07, 6.45) is 6.38. The van der Waals surface area contributed by atoms with Gasteiger partial charge in [0.15, 0.2) is 17.2 Å². The largest absolute Gasteiger partial charge is 0.494 e. The molecule has 162 valence electrons. The summed E-state index contributed by atoms with van der Waals surface area (Å²) in [4.78, 5) is 12.8. The zero-order chi connectivity index (χ0) is 21.8. The van der Waals surface area contributed by atoms with Crippen LogP contribution in [0.15, 0.2) is 48.7 Å². The number of amides is 1. The molecule has 7 nitrogen and oxygen atoms in total. The lowest BCUT2D eigenvalue weighted by atomic mass is 10.2. The predicted molar refractivity (Wildman–Crippen MR) is 119 cm³/mol. The lowest BCUT2D eigenvalue weighted by molar-refractivity contribution is 0.102. The molecule has 7 heteroatoms. The number of carbonyl (C=O) groups excluding carboxylic acids is 1. The van der Waals surface area contributed by atoms with Crippen LogP contribution in [0.2, 0.25) is 0 Å². The van der Waals surface area contributed by atoms with Gasteiger partial charge in [-0.2, -0.15) is 5.10 Å².